The SMILES string of the molecule is CN=C(NCc1ccccc1)NCC1CCN(Cc2ccccc2F)CC1.I. The lowest BCUT2D eigenvalue weighted by atomic mass is 9.96. The molecule has 3 rings (SSSR count). The van der Waals surface area contributed by atoms with E-state index in [1.807, 2.05) is 30.3 Å². The van der Waals surface area contributed by atoms with Crippen molar-refractivity contribution in [1.82, 2.24) is 15.5 Å². The molecule has 2 aromatic rings. The standard InChI is InChI=1S/C22H29FN4.HI/c1-24-22(25-15-18-7-3-2-4-8-18)26-16-19-11-13-27(14-12-19)17-20-9-5-6-10-21(20)23;/h2-10,19H,11-17H2,1H3,(H2,24,25,26);1H. The van der Waals surface area contributed by atoms with Gasteiger partial charge in [0, 0.05) is 32.2 Å². The van der Waals surface area contributed by atoms with Gasteiger partial charge in [0.05, 0.1) is 0 Å². The van der Waals surface area contributed by atoms with E-state index in [0.717, 1.165) is 50.5 Å². The Hall–Kier alpha value is -1.67. The number of benzene rings is 2. The number of hydrogen-bond donors (Lipinski definition) is 2. The number of aliphatic imine (C=N–C) groups is 1. The largest absolute Gasteiger partial charge is 0.356 e. The van der Waals surface area contributed by atoms with Gasteiger partial charge in [-0.3, -0.25) is 9.89 Å². The molecule has 0 saturated carbocycles. The summed E-state index contributed by atoms with van der Waals surface area (Å²) in [5, 5.41) is 6.80. The van der Waals surface area contributed by atoms with Gasteiger partial charge in [0.2, 0.25) is 0 Å². The fourth-order valence-corrected chi connectivity index (χ4v) is 3.46. The Morgan fingerprint density at radius 2 is 1.71 bits per heavy atom. The maximum Gasteiger partial charge on any atom is 0.191 e. The molecule has 0 atom stereocenters. The third kappa shape index (κ3) is 7.05. The van der Waals surface area contributed by atoms with E-state index in [0.29, 0.717) is 12.5 Å². The number of hydrogen-bond acceptors (Lipinski definition) is 2. The van der Waals surface area contributed by atoms with E-state index in [9.17, 15) is 4.39 Å². The quantitative estimate of drug-likeness (QED) is 0.361. The maximum atomic E-state index is 13.8. The Morgan fingerprint density at radius 1 is 1.04 bits per heavy atom. The van der Waals surface area contributed by atoms with Crippen LogP contribution in [-0.2, 0) is 13.1 Å². The highest BCUT2D eigenvalue weighted by molar-refractivity contribution is 14.0. The van der Waals surface area contributed by atoms with E-state index in [1.54, 1.807) is 19.2 Å². The van der Waals surface area contributed by atoms with Crippen molar-refractivity contribution in [3.63, 3.8) is 0 Å². The molecule has 1 fully saturated rings. The molecule has 1 aliphatic rings. The number of nitrogens with zero attached hydrogens (tertiary/aromatic N) is 2. The van der Waals surface area contributed by atoms with Crippen molar-refractivity contribution < 1.29 is 4.39 Å². The molecule has 1 aliphatic heterocycles. The van der Waals surface area contributed by atoms with Gasteiger partial charge in [0.1, 0.15) is 5.82 Å². The first-order valence-corrected chi connectivity index (χ1v) is 9.69. The van der Waals surface area contributed by atoms with Crippen molar-refractivity contribution in [2.24, 2.45) is 10.9 Å². The summed E-state index contributed by atoms with van der Waals surface area (Å²) in [4.78, 5) is 6.65. The van der Waals surface area contributed by atoms with Gasteiger partial charge in [-0.25, -0.2) is 4.39 Å². The van der Waals surface area contributed by atoms with Gasteiger partial charge in [-0.15, -0.1) is 24.0 Å². The molecule has 0 amide bonds. The average Bonchev–Trinajstić information content (AvgIpc) is 2.72. The van der Waals surface area contributed by atoms with Crippen LogP contribution < -0.4 is 10.6 Å². The van der Waals surface area contributed by atoms with Crippen LogP contribution >= 0.6 is 24.0 Å². The van der Waals surface area contributed by atoms with Crippen LogP contribution in [0.5, 0.6) is 0 Å². The molecule has 28 heavy (non-hydrogen) atoms. The van der Waals surface area contributed by atoms with Crippen molar-refractivity contribution in [2.45, 2.75) is 25.9 Å². The second kappa shape index (κ2) is 12.0. The summed E-state index contributed by atoms with van der Waals surface area (Å²) in [6.07, 6.45) is 2.24. The molecule has 1 saturated heterocycles. The third-order valence-corrected chi connectivity index (χ3v) is 5.14. The minimum atomic E-state index is -0.102. The molecule has 0 unspecified atom stereocenters. The highest BCUT2D eigenvalue weighted by atomic mass is 127. The van der Waals surface area contributed by atoms with E-state index in [4.69, 9.17) is 0 Å². The lowest BCUT2D eigenvalue weighted by Gasteiger charge is -2.32. The van der Waals surface area contributed by atoms with Crippen LogP contribution in [0.2, 0.25) is 0 Å². The summed E-state index contributed by atoms with van der Waals surface area (Å²) in [5.74, 6) is 1.36. The molecule has 2 aromatic carbocycles. The van der Waals surface area contributed by atoms with E-state index < -0.39 is 0 Å². The molecule has 1 heterocycles. The number of guanidine groups is 1. The van der Waals surface area contributed by atoms with E-state index >= 15 is 0 Å². The summed E-state index contributed by atoms with van der Waals surface area (Å²) in [7, 11) is 1.80. The summed E-state index contributed by atoms with van der Waals surface area (Å²) in [6, 6.07) is 17.4. The molecular formula is C22H30FIN4. The zero-order valence-corrected chi connectivity index (χ0v) is 18.7. The van der Waals surface area contributed by atoms with Crippen molar-refractivity contribution >= 4 is 29.9 Å². The van der Waals surface area contributed by atoms with E-state index in [-0.39, 0.29) is 29.8 Å². The number of rotatable bonds is 6. The maximum absolute atomic E-state index is 13.8. The topological polar surface area (TPSA) is 39.7 Å². The van der Waals surface area contributed by atoms with Gasteiger partial charge in [-0.2, -0.15) is 0 Å². The monoisotopic (exact) mass is 496 g/mol. The minimum Gasteiger partial charge on any atom is -0.356 e. The van der Waals surface area contributed by atoms with Crippen LogP contribution in [0.1, 0.15) is 24.0 Å². The minimum absolute atomic E-state index is 0. The Bertz CT molecular complexity index is 730. The van der Waals surface area contributed by atoms with Gasteiger partial charge in [0.25, 0.3) is 0 Å². The van der Waals surface area contributed by atoms with Gasteiger partial charge in [0.15, 0.2) is 5.96 Å². The summed E-state index contributed by atoms with van der Waals surface area (Å²) in [6.45, 7) is 4.41. The molecule has 6 heteroatoms. The Morgan fingerprint density at radius 3 is 2.39 bits per heavy atom. The second-order valence-electron chi connectivity index (χ2n) is 7.10. The van der Waals surface area contributed by atoms with Crippen LogP contribution in [0, 0.1) is 11.7 Å². The van der Waals surface area contributed by atoms with Crippen molar-refractivity contribution in [2.75, 3.05) is 26.7 Å². The van der Waals surface area contributed by atoms with Crippen LogP contribution in [0.4, 0.5) is 4.39 Å². The van der Waals surface area contributed by atoms with Crippen molar-refractivity contribution in [3.8, 4) is 0 Å². The van der Waals surface area contributed by atoms with Gasteiger partial charge >= 0.3 is 0 Å². The molecule has 0 spiro atoms. The van der Waals surface area contributed by atoms with Crippen LogP contribution in [0.3, 0.4) is 0 Å². The van der Waals surface area contributed by atoms with Crippen molar-refractivity contribution in [3.05, 3.63) is 71.5 Å². The molecule has 0 radical (unpaired) electrons. The van der Waals surface area contributed by atoms with Crippen molar-refractivity contribution in [1.29, 1.82) is 0 Å². The number of likely N-dealkylation sites (tertiary alicyclic amines) is 1. The molecule has 0 aromatic heterocycles. The first-order chi connectivity index (χ1) is 13.2. The Balaban J connectivity index is 0.00000280. The van der Waals surface area contributed by atoms with E-state index in [1.165, 1.54) is 5.56 Å². The third-order valence-electron chi connectivity index (χ3n) is 5.14. The smallest absolute Gasteiger partial charge is 0.191 e. The van der Waals surface area contributed by atoms with Gasteiger partial charge in [-0.05, 0) is 43.5 Å². The first kappa shape index (κ1) is 22.6. The highest BCUT2D eigenvalue weighted by Crippen LogP contribution is 2.19. The molecule has 152 valence electrons. The fraction of sp³-hybridized carbons (Fsp3) is 0.409. The Kier molecular flexibility index (Phi) is 9.70. The van der Waals surface area contributed by atoms with Crippen LogP contribution in [0.15, 0.2) is 59.6 Å². The van der Waals surface area contributed by atoms with Crippen LogP contribution in [0.25, 0.3) is 0 Å². The summed E-state index contributed by atoms with van der Waals surface area (Å²) < 4.78 is 13.8. The predicted molar refractivity (Wildman–Crippen MR) is 124 cm³/mol. The van der Waals surface area contributed by atoms with E-state index in [2.05, 4.69) is 32.7 Å². The fourth-order valence-electron chi connectivity index (χ4n) is 3.46. The molecule has 4 nitrogen and oxygen atoms in total. The first-order valence-electron chi connectivity index (χ1n) is 9.69. The number of nitrogens with one attached hydrogen (secondary N) is 2. The average molecular weight is 496 g/mol. The number of halogens is 2. The highest BCUT2D eigenvalue weighted by Gasteiger charge is 2.20. The molecule has 2 N–H and O–H groups in total. The zero-order valence-electron chi connectivity index (χ0n) is 16.4. The number of piperidine rings is 1. The lowest BCUT2D eigenvalue weighted by Crippen LogP contribution is -2.42. The normalized spacial score (nSPS) is 15.7. The second-order valence-corrected chi connectivity index (χ2v) is 7.10. The molecular weight excluding hydrogens is 466 g/mol. The van der Waals surface area contributed by atoms with Crippen LogP contribution in [-0.4, -0.2) is 37.5 Å². The van der Waals surface area contributed by atoms with Gasteiger partial charge in [-0.1, -0.05) is 48.5 Å². The zero-order chi connectivity index (χ0) is 18.9. The Labute approximate surface area is 184 Å². The predicted octanol–water partition coefficient (Wildman–Crippen LogP) is 4.02. The molecule has 0 aliphatic carbocycles. The summed E-state index contributed by atoms with van der Waals surface area (Å²) >= 11 is 0. The van der Waals surface area contributed by atoms with Gasteiger partial charge < -0.3 is 10.6 Å². The molecule has 0 bridgehead atoms. The summed E-state index contributed by atoms with van der Waals surface area (Å²) in [5.41, 5.74) is 2.03. The lowest BCUT2D eigenvalue weighted by molar-refractivity contribution is 0.176.